The van der Waals surface area contributed by atoms with Gasteiger partial charge < -0.3 is 15.5 Å². The number of benzene rings is 1. The number of hydrogen-bond donors (Lipinski definition) is 2. The molecule has 0 saturated heterocycles. The second-order valence-corrected chi connectivity index (χ2v) is 4.59. The predicted molar refractivity (Wildman–Crippen MR) is 76.2 cm³/mol. The molecule has 98 valence electrons. The Hall–Kier alpha value is -2.43. The van der Waals surface area contributed by atoms with Crippen molar-refractivity contribution in [3.05, 3.63) is 30.1 Å². The molecule has 0 unspecified atom stereocenters. The summed E-state index contributed by atoms with van der Waals surface area (Å²) in [6, 6.07) is 5.93. The van der Waals surface area contributed by atoms with Gasteiger partial charge in [-0.15, -0.1) is 0 Å². The molecule has 0 atom stereocenters. The van der Waals surface area contributed by atoms with Crippen LogP contribution >= 0.6 is 0 Å². The van der Waals surface area contributed by atoms with Crippen LogP contribution < -0.4 is 10.5 Å². The van der Waals surface area contributed by atoms with Gasteiger partial charge in [0.15, 0.2) is 0 Å². The number of nitrogens with zero attached hydrogens (tertiary/aromatic N) is 2. The van der Waals surface area contributed by atoms with Crippen molar-refractivity contribution in [1.29, 1.82) is 0 Å². The van der Waals surface area contributed by atoms with Crippen molar-refractivity contribution in [2.45, 2.75) is 6.92 Å². The smallest absolute Gasteiger partial charge is 0.119 e. The minimum absolute atomic E-state index is 0.714. The van der Waals surface area contributed by atoms with E-state index in [1.165, 1.54) is 0 Å². The lowest BCUT2D eigenvalue weighted by molar-refractivity contribution is 0.415. The van der Waals surface area contributed by atoms with Gasteiger partial charge in [0.2, 0.25) is 0 Å². The van der Waals surface area contributed by atoms with Crippen LogP contribution in [0, 0.1) is 6.92 Å². The van der Waals surface area contributed by atoms with E-state index in [4.69, 9.17) is 10.5 Å². The maximum absolute atomic E-state index is 6.13. The number of aryl methyl sites for hydroxylation is 2. The van der Waals surface area contributed by atoms with E-state index >= 15 is 0 Å². The maximum atomic E-state index is 6.13. The number of anilines is 1. The van der Waals surface area contributed by atoms with E-state index in [2.05, 4.69) is 10.1 Å². The molecule has 3 rings (SSSR count). The van der Waals surface area contributed by atoms with E-state index in [-0.39, 0.29) is 0 Å². The zero-order chi connectivity index (χ0) is 13.6. The van der Waals surface area contributed by atoms with Crippen LogP contribution in [-0.4, -0.2) is 21.9 Å². The Morgan fingerprint density at radius 1 is 1.37 bits per heavy atom. The normalized spacial score (nSPS) is 11.1. The Morgan fingerprint density at radius 3 is 2.79 bits per heavy atom. The van der Waals surface area contributed by atoms with E-state index in [9.17, 15) is 0 Å². The van der Waals surface area contributed by atoms with Crippen molar-refractivity contribution >= 4 is 16.6 Å². The van der Waals surface area contributed by atoms with Crippen LogP contribution in [0.3, 0.4) is 0 Å². The van der Waals surface area contributed by atoms with Crippen LogP contribution in [0.1, 0.15) is 5.69 Å². The third-order valence-corrected chi connectivity index (χ3v) is 3.41. The highest BCUT2D eigenvalue weighted by Crippen LogP contribution is 2.35. The van der Waals surface area contributed by atoms with E-state index < -0.39 is 0 Å². The average molecular weight is 256 g/mol. The predicted octanol–water partition coefficient (Wildman–Crippen LogP) is 2.47. The molecule has 0 radical (unpaired) electrons. The van der Waals surface area contributed by atoms with Crippen molar-refractivity contribution in [3.63, 3.8) is 0 Å². The van der Waals surface area contributed by atoms with Gasteiger partial charge in [-0.1, -0.05) is 0 Å². The molecule has 2 heterocycles. The van der Waals surface area contributed by atoms with Crippen molar-refractivity contribution in [1.82, 2.24) is 14.8 Å². The van der Waals surface area contributed by atoms with E-state index in [0.717, 1.165) is 33.6 Å². The summed E-state index contributed by atoms with van der Waals surface area (Å²) in [7, 11) is 3.56. The molecular weight excluding hydrogens is 240 g/mol. The van der Waals surface area contributed by atoms with Crippen LogP contribution in [0.2, 0.25) is 0 Å². The minimum Gasteiger partial charge on any atom is -0.497 e. The molecule has 0 amide bonds. The Kier molecular flexibility index (Phi) is 2.48. The molecule has 0 saturated carbocycles. The molecule has 0 fully saturated rings. The van der Waals surface area contributed by atoms with Crippen LogP contribution in [-0.2, 0) is 7.05 Å². The first-order valence-electron chi connectivity index (χ1n) is 6.06. The number of rotatable bonds is 2. The Morgan fingerprint density at radius 2 is 2.16 bits per heavy atom. The van der Waals surface area contributed by atoms with Crippen molar-refractivity contribution in [2.24, 2.45) is 7.05 Å². The fraction of sp³-hybridized carbons (Fsp3) is 0.214. The van der Waals surface area contributed by atoms with Gasteiger partial charge in [0.05, 0.1) is 24.2 Å². The summed E-state index contributed by atoms with van der Waals surface area (Å²) in [5.74, 6) is 0.825. The van der Waals surface area contributed by atoms with Gasteiger partial charge in [-0.25, -0.2) is 0 Å². The summed E-state index contributed by atoms with van der Waals surface area (Å²) < 4.78 is 7.09. The highest BCUT2D eigenvalue weighted by molar-refractivity contribution is 5.98. The maximum Gasteiger partial charge on any atom is 0.119 e. The number of fused-ring (bicyclic) bond motifs is 1. The standard InChI is InChI=1S/C14H16N4O/c1-8-13(15)14(18(2)17-8)11-7-16-12-5-4-9(19-3)6-10(11)12/h4-7,16H,15H2,1-3H3. The number of aromatic nitrogens is 3. The molecule has 1 aromatic carbocycles. The monoisotopic (exact) mass is 256 g/mol. The lowest BCUT2D eigenvalue weighted by atomic mass is 10.1. The lowest BCUT2D eigenvalue weighted by Crippen LogP contribution is -1.95. The quantitative estimate of drug-likeness (QED) is 0.740. The first-order chi connectivity index (χ1) is 9.11. The lowest BCUT2D eigenvalue weighted by Gasteiger charge is -2.04. The van der Waals surface area contributed by atoms with E-state index in [0.29, 0.717) is 5.69 Å². The highest BCUT2D eigenvalue weighted by atomic mass is 16.5. The molecule has 3 aromatic rings. The number of aromatic amines is 1. The Labute approximate surface area is 111 Å². The first-order valence-corrected chi connectivity index (χ1v) is 6.06. The zero-order valence-corrected chi connectivity index (χ0v) is 11.2. The molecule has 2 aromatic heterocycles. The number of nitrogen functional groups attached to an aromatic ring is 1. The van der Waals surface area contributed by atoms with Gasteiger partial charge >= 0.3 is 0 Å². The molecule has 3 N–H and O–H groups in total. The van der Waals surface area contributed by atoms with Crippen molar-refractivity contribution in [3.8, 4) is 17.0 Å². The molecule has 5 heteroatoms. The van der Waals surface area contributed by atoms with Gasteiger partial charge in [-0.3, -0.25) is 4.68 Å². The molecule has 0 aliphatic rings. The molecule has 0 aliphatic carbocycles. The number of hydrogen-bond acceptors (Lipinski definition) is 3. The fourth-order valence-electron chi connectivity index (χ4n) is 2.42. The molecule has 0 bridgehead atoms. The van der Waals surface area contributed by atoms with Gasteiger partial charge in [0.1, 0.15) is 5.75 Å². The summed E-state index contributed by atoms with van der Waals surface area (Å²) in [4.78, 5) is 3.25. The summed E-state index contributed by atoms with van der Waals surface area (Å²) in [6.45, 7) is 1.91. The van der Waals surface area contributed by atoms with Gasteiger partial charge in [0, 0.05) is 29.7 Å². The van der Waals surface area contributed by atoms with E-state index in [1.807, 2.05) is 43.0 Å². The number of methoxy groups -OCH3 is 1. The Balaban J connectivity index is 2.30. The molecule has 5 nitrogen and oxygen atoms in total. The minimum atomic E-state index is 0.714. The molecule has 19 heavy (non-hydrogen) atoms. The number of H-pyrrole nitrogens is 1. The zero-order valence-electron chi connectivity index (χ0n) is 11.2. The summed E-state index contributed by atoms with van der Waals surface area (Å²) in [6.07, 6.45) is 1.96. The topological polar surface area (TPSA) is 68.9 Å². The second kappa shape index (κ2) is 4.05. The highest BCUT2D eigenvalue weighted by Gasteiger charge is 2.16. The third kappa shape index (κ3) is 1.66. The number of nitrogens with two attached hydrogens (primary N) is 1. The third-order valence-electron chi connectivity index (χ3n) is 3.41. The number of nitrogens with one attached hydrogen (secondary N) is 1. The molecular formula is C14H16N4O. The van der Waals surface area contributed by atoms with Crippen LogP contribution in [0.25, 0.3) is 22.2 Å². The Bertz CT molecular complexity index is 754. The molecule has 0 spiro atoms. The van der Waals surface area contributed by atoms with Gasteiger partial charge in [0.25, 0.3) is 0 Å². The average Bonchev–Trinajstić information content (AvgIpc) is 2.91. The van der Waals surface area contributed by atoms with Crippen molar-refractivity contribution in [2.75, 3.05) is 12.8 Å². The molecule has 0 aliphatic heterocycles. The van der Waals surface area contributed by atoms with Crippen LogP contribution in [0.4, 0.5) is 5.69 Å². The van der Waals surface area contributed by atoms with E-state index in [1.54, 1.807) is 7.11 Å². The van der Waals surface area contributed by atoms with Crippen LogP contribution in [0.5, 0.6) is 5.75 Å². The van der Waals surface area contributed by atoms with Gasteiger partial charge in [-0.2, -0.15) is 5.10 Å². The number of ether oxygens (including phenoxy) is 1. The summed E-state index contributed by atoms with van der Waals surface area (Å²) in [5, 5.41) is 5.44. The largest absolute Gasteiger partial charge is 0.497 e. The summed E-state index contributed by atoms with van der Waals surface area (Å²) in [5.41, 5.74) is 10.7. The summed E-state index contributed by atoms with van der Waals surface area (Å²) >= 11 is 0. The van der Waals surface area contributed by atoms with Gasteiger partial charge in [-0.05, 0) is 25.1 Å². The van der Waals surface area contributed by atoms with Crippen molar-refractivity contribution < 1.29 is 4.74 Å². The fourth-order valence-corrected chi connectivity index (χ4v) is 2.42. The van der Waals surface area contributed by atoms with Crippen LogP contribution in [0.15, 0.2) is 24.4 Å². The SMILES string of the molecule is COc1ccc2[nH]cc(-c3c(N)c(C)nn3C)c2c1. The second-order valence-electron chi connectivity index (χ2n) is 4.59. The first kappa shape index (κ1) is 11.6.